The molecule has 1 saturated heterocycles. The Kier molecular flexibility index (Phi) is 4.84. The van der Waals surface area contributed by atoms with Gasteiger partial charge in [-0.15, -0.1) is 0 Å². The van der Waals surface area contributed by atoms with E-state index in [1.807, 2.05) is 0 Å². The summed E-state index contributed by atoms with van der Waals surface area (Å²) in [7, 11) is 0. The zero-order chi connectivity index (χ0) is 19.9. The first-order valence-corrected chi connectivity index (χ1v) is 9.67. The number of aromatic nitrogens is 1. The van der Waals surface area contributed by atoms with Crippen LogP contribution in [0.1, 0.15) is 42.6 Å². The maximum absolute atomic E-state index is 13.3. The van der Waals surface area contributed by atoms with Gasteiger partial charge in [-0.2, -0.15) is 0 Å². The number of rotatable bonds is 9. The van der Waals surface area contributed by atoms with Crippen molar-refractivity contribution in [3.63, 3.8) is 0 Å². The zero-order valence-electron chi connectivity index (χ0n) is 15.5. The van der Waals surface area contributed by atoms with E-state index in [2.05, 4.69) is 10.3 Å². The summed E-state index contributed by atoms with van der Waals surface area (Å²) in [5, 5.41) is 2.63. The second-order valence-corrected chi connectivity index (χ2v) is 8.09. The average Bonchev–Trinajstić information content (AvgIpc) is 3.51. The lowest BCUT2D eigenvalue weighted by Crippen LogP contribution is -2.56. The van der Waals surface area contributed by atoms with Crippen LogP contribution in [0.3, 0.4) is 0 Å². The van der Waals surface area contributed by atoms with E-state index in [0.29, 0.717) is 30.6 Å². The van der Waals surface area contributed by atoms with E-state index in [-0.39, 0.29) is 11.6 Å². The molecule has 1 aliphatic heterocycles. The van der Waals surface area contributed by atoms with Crippen LogP contribution in [0.4, 0.5) is 14.5 Å². The van der Waals surface area contributed by atoms with Crippen molar-refractivity contribution in [3.05, 3.63) is 17.8 Å². The summed E-state index contributed by atoms with van der Waals surface area (Å²) in [4.78, 5) is 29.9. The Balaban J connectivity index is 1.48. The molecule has 2 amide bonds. The van der Waals surface area contributed by atoms with Crippen molar-refractivity contribution < 1.29 is 23.1 Å². The topological polar surface area (TPSA) is 97.5 Å². The lowest BCUT2D eigenvalue weighted by atomic mass is 10.1. The first-order valence-electron chi connectivity index (χ1n) is 9.67. The normalized spacial score (nSPS) is 21.6. The molecular formula is C19H24F2N4O3. The van der Waals surface area contributed by atoms with Crippen molar-refractivity contribution in [3.8, 4) is 5.88 Å². The molecule has 7 nitrogen and oxygen atoms in total. The molecule has 0 unspecified atom stereocenters. The Morgan fingerprint density at radius 1 is 1.25 bits per heavy atom. The van der Waals surface area contributed by atoms with Crippen LogP contribution in [0, 0.1) is 11.8 Å². The molecular weight excluding hydrogens is 370 g/mol. The number of halogens is 2. The second-order valence-electron chi connectivity index (χ2n) is 8.09. The van der Waals surface area contributed by atoms with Crippen molar-refractivity contribution in [2.75, 3.05) is 24.6 Å². The van der Waals surface area contributed by atoms with Crippen LogP contribution in [-0.2, 0) is 4.79 Å². The molecule has 0 radical (unpaired) electrons. The molecule has 2 saturated carbocycles. The van der Waals surface area contributed by atoms with E-state index in [1.54, 1.807) is 6.07 Å². The number of hydrogen-bond acceptors (Lipinski definition) is 5. The Labute approximate surface area is 161 Å². The number of amides is 2. The maximum atomic E-state index is 13.3. The van der Waals surface area contributed by atoms with Crippen LogP contribution < -0.4 is 20.7 Å². The van der Waals surface area contributed by atoms with Gasteiger partial charge in [0.25, 0.3) is 11.8 Å². The highest BCUT2D eigenvalue weighted by Crippen LogP contribution is 2.38. The number of nitrogens with one attached hydrogen (secondary N) is 1. The molecule has 4 rings (SSSR count). The smallest absolute Gasteiger partial charge is 0.282 e. The molecule has 3 N–H and O–H groups in total. The molecule has 0 spiro atoms. The van der Waals surface area contributed by atoms with Gasteiger partial charge in [0.05, 0.1) is 19.7 Å². The van der Waals surface area contributed by atoms with E-state index in [1.165, 1.54) is 11.0 Å². The highest BCUT2D eigenvalue weighted by molar-refractivity contribution is 5.96. The number of anilines is 1. The van der Waals surface area contributed by atoms with Gasteiger partial charge < -0.3 is 20.7 Å². The van der Waals surface area contributed by atoms with Crippen molar-refractivity contribution in [2.24, 2.45) is 17.6 Å². The van der Waals surface area contributed by atoms with Crippen LogP contribution in [0.2, 0.25) is 0 Å². The number of carbonyl (C=O) groups excluding carboxylic acids is 2. The van der Waals surface area contributed by atoms with Gasteiger partial charge >= 0.3 is 0 Å². The van der Waals surface area contributed by atoms with E-state index in [0.717, 1.165) is 25.7 Å². The molecule has 0 bridgehead atoms. The molecule has 2 aliphatic carbocycles. The highest BCUT2D eigenvalue weighted by Gasteiger charge is 2.45. The third-order valence-corrected chi connectivity index (χ3v) is 5.33. The number of primary amides is 1. The maximum Gasteiger partial charge on any atom is 0.282 e. The standard InChI is InChI=1S/C19H24F2N4O3/c20-19(21)9-25(10-19)15-6-5-13(24-18(15)28-8-12-3-4-12)17(27)23-14(16(22)26)7-11-1-2-11/h5-6,11-12,14H,1-4,7-10H2,(H2,22,26)(H,23,27)/t14-/m0/s1. The Hall–Kier alpha value is -2.45. The lowest BCUT2D eigenvalue weighted by Gasteiger charge is -2.40. The number of ether oxygens (including phenoxy) is 1. The molecule has 3 fully saturated rings. The predicted octanol–water partition coefficient (Wildman–Crippen LogP) is 1.71. The minimum absolute atomic E-state index is 0.0730. The quantitative estimate of drug-likeness (QED) is 0.665. The van der Waals surface area contributed by atoms with Gasteiger partial charge in [0.1, 0.15) is 17.4 Å². The number of nitrogens with zero attached hydrogens (tertiary/aromatic N) is 2. The minimum Gasteiger partial charge on any atom is -0.476 e. The molecule has 9 heteroatoms. The van der Waals surface area contributed by atoms with Crippen LogP contribution in [0.15, 0.2) is 12.1 Å². The summed E-state index contributed by atoms with van der Waals surface area (Å²) in [6.45, 7) is -0.350. The minimum atomic E-state index is -2.72. The van der Waals surface area contributed by atoms with E-state index >= 15 is 0 Å². The van der Waals surface area contributed by atoms with Gasteiger partial charge in [-0.3, -0.25) is 9.59 Å². The number of nitrogens with two attached hydrogens (primary N) is 1. The van der Waals surface area contributed by atoms with E-state index in [9.17, 15) is 18.4 Å². The highest BCUT2D eigenvalue weighted by atomic mass is 19.3. The van der Waals surface area contributed by atoms with Gasteiger partial charge in [-0.25, -0.2) is 13.8 Å². The van der Waals surface area contributed by atoms with Crippen LogP contribution in [0.25, 0.3) is 0 Å². The fraction of sp³-hybridized carbons (Fsp3) is 0.632. The summed E-state index contributed by atoms with van der Waals surface area (Å²) in [6, 6.07) is 2.28. The predicted molar refractivity (Wildman–Crippen MR) is 97.4 cm³/mol. The largest absolute Gasteiger partial charge is 0.476 e. The Bertz CT molecular complexity index is 772. The van der Waals surface area contributed by atoms with Crippen molar-refractivity contribution in [1.82, 2.24) is 10.3 Å². The zero-order valence-corrected chi connectivity index (χ0v) is 15.5. The summed E-state index contributed by atoms with van der Waals surface area (Å²) < 4.78 is 32.2. The number of hydrogen-bond donors (Lipinski definition) is 2. The summed E-state index contributed by atoms with van der Waals surface area (Å²) in [6.07, 6.45) is 4.73. The molecule has 152 valence electrons. The van der Waals surface area contributed by atoms with Crippen molar-refractivity contribution in [1.29, 1.82) is 0 Å². The SMILES string of the molecule is NC(=O)[C@H](CC1CC1)NC(=O)c1ccc(N2CC(F)(F)C2)c(OCC2CC2)n1. The van der Waals surface area contributed by atoms with Gasteiger partial charge in [0, 0.05) is 0 Å². The number of carbonyl (C=O) groups is 2. The van der Waals surface area contributed by atoms with Gasteiger partial charge in [-0.1, -0.05) is 12.8 Å². The van der Waals surface area contributed by atoms with Crippen LogP contribution >= 0.6 is 0 Å². The fourth-order valence-electron chi connectivity index (χ4n) is 3.24. The molecule has 28 heavy (non-hydrogen) atoms. The van der Waals surface area contributed by atoms with Crippen LogP contribution in [0.5, 0.6) is 5.88 Å². The Morgan fingerprint density at radius 2 is 1.93 bits per heavy atom. The fourth-order valence-corrected chi connectivity index (χ4v) is 3.24. The lowest BCUT2D eigenvalue weighted by molar-refractivity contribution is -0.120. The van der Waals surface area contributed by atoms with E-state index in [4.69, 9.17) is 10.5 Å². The van der Waals surface area contributed by atoms with Crippen molar-refractivity contribution in [2.45, 2.75) is 44.1 Å². The molecule has 0 aromatic carbocycles. The third kappa shape index (κ3) is 4.51. The molecule has 2 heterocycles. The monoisotopic (exact) mass is 394 g/mol. The van der Waals surface area contributed by atoms with Gasteiger partial charge in [-0.05, 0) is 43.2 Å². The first-order chi connectivity index (χ1) is 13.3. The number of pyridine rings is 1. The van der Waals surface area contributed by atoms with Gasteiger partial charge in [0.15, 0.2) is 0 Å². The molecule has 1 aromatic heterocycles. The second kappa shape index (κ2) is 7.18. The van der Waals surface area contributed by atoms with Gasteiger partial charge in [0.2, 0.25) is 11.8 Å². The van der Waals surface area contributed by atoms with Crippen molar-refractivity contribution >= 4 is 17.5 Å². The molecule has 1 aromatic rings. The summed E-state index contributed by atoms with van der Waals surface area (Å²) in [5.41, 5.74) is 5.92. The first kappa shape index (κ1) is 18.9. The third-order valence-electron chi connectivity index (χ3n) is 5.33. The number of alkyl halides is 2. The summed E-state index contributed by atoms with van der Waals surface area (Å²) >= 11 is 0. The van der Waals surface area contributed by atoms with Crippen LogP contribution in [-0.4, -0.2) is 48.5 Å². The average molecular weight is 394 g/mol. The molecule has 3 aliphatic rings. The van der Waals surface area contributed by atoms with E-state index < -0.39 is 36.9 Å². The summed E-state index contributed by atoms with van der Waals surface area (Å²) in [5.74, 6) is -2.79. The molecule has 1 atom stereocenters. The Morgan fingerprint density at radius 3 is 2.50 bits per heavy atom.